The standard InChI is InChI=1S/C16H19N5O/c17-16-19-11-12-5-6-18-15(12)21(16)14-3-1-13(2-4-14)20-7-9-22-10-8-20/h1-6,11,16,18H,7-10,17H2. The Morgan fingerprint density at radius 1 is 1.09 bits per heavy atom. The maximum atomic E-state index is 6.15. The van der Waals surface area contributed by atoms with Crippen LogP contribution in [0.3, 0.4) is 0 Å². The lowest BCUT2D eigenvalue weighted by Crippen LogP contribution is -2.40. The zero-order chi connectivity index (χ0) is 14.9. The van der Waals surface area contributed by atoms with Crippen molar-refractivity contribution in [2.24, 2.45) is 10.7 Å². The molecule has 0 saturated carbocycles. The summed E-state index contributed by atoms with van der Waals surface area (Å²) in [5.41, 5.74) is 9.45. The molecule has 0 spiro atoms. The molecule has 2 aliphatic rings. The van der Waals surface area contributed by atoms with Crippen LogP contribution < -0.4 is 15.5 Å². The first kappa shape index (κ1) is 13.4. The molecule has 1 fully saturated rings. The lowest BCUT2D eigenvalue weighted by atomic mass is 10.2. The van der Waals surface area contributed by atoms with Gasteiger partial charge in [-0.05, 0) is 30.3 Å². The predicted octanol–water partition coefficient (Wildman–Crippen LogP) is 1.66. The maximum absolute atomic E-state index is 6.15. The second-order valence-electron chi connectivity index (χ2n) is 5.46. The van der Waals surface area contributed by atoms with E-state index in [0.717, 1.165) is 43.4 Å². The zero-order valence-corrected chi connectivity index (χ0v) is 12.3. The number of aromatic amines is 1. The molecule has 4 rings (SSSR count). The van der Waals surface area contributed by atoms with E-state index in [1.807, 2.05) is 23.4 Å². The normalized spacial score (nSPS) is 21.0. The number of nitrogens with one attached hydrogen (secondary N) is 1. The Morgan fingerprint density at radius 2 is 1.82 bits per heavy atom. The lowest BCUT2D eigenvalue weighted by molar-refractivity contribution is 0.122. The van der Waals surface area contributed by atoms with Crippen molar-refractivity contribution in [3.63, 3.8) is 0 Å². The average Bonchev–Trinajstić information content (AvgIpc) is 3.04. The number of benzene rings is 1. The summed E-state index contributed by atoms with van der Waals surface area (Å²) >= 11 is 0. The van der Waals surface area contributed by atoms with Gasteiger partial charge in [0.05, 0.1) is 13.2 Å². The minimum atomic E-state index is -0.402. The number of aliphatic imine (C=N–C) groups is 1. The summed E-state index contributed by atoms with van der Waals surface area (Å²) in [6.07, 6.45) is 3.32. The first-order valence-electron chi connectivity index (χ1n) is 7.51. The highest BCUT2D eigenvalue weighted by atomic mass is 16.5. The Hall–Kier alpha value is -2.31. The second-order valence-corrected chi connectivity index (χ2v) is 5.46. The Morgan fingerprint density at radius 3 is 2.59 bits per heavy atom. The molecule has 1 saturated heterocycles. The van der Waals surface area contributed by atoms with E-state index in [4.69, 9.17) is 10.5 Å². The van der Waals surface area contributed by atoms with E-state index in [1.165, 1.54) is 5.69 Å². The Labute approximate surface area is 129 Å². The monoisotopic (exact) mass is 297 g/mol. The van der Waals surface area contributed by atoms with Crippen molar-refractivity contribution >= 4 is 23.4 Å². The Kier molecular flexibility index (Phi) is 3.32. The van der Waals surface area contributed by atoms with Gasteiger partial charge < -0.3 is 14.6 Å². The molecule has 3 heterocycles. The maximum Gasteiger partial charge on any atom is 0.178 e. The fourth-order valence-electron chi connectivity index (χ4n) is 2.97. The second kappa shape index (κ2) is 5.47. The number of rotatable bonds is 2. The molecule has 2 aliphatic heterocycles. The van der Waals surface area contributed by atoms with Gasteiger partial charge in [0.15, 0.2) is 6.29 Å². The van der Waals surface area contributed by atoms with Crippen molar-refractivity contribution in [1.82, 2.24) is 4.98 Å². The smallest absolute Gasteiger partial charge is 0.178 e. The Balaban J connectivity index is 1.62. The highest BCUT2D eigenvalue weighted by molar-refractivity contribution is 5.91. The largest absolute Gasteiger partial charge is 0.378 e. The lowest BCUT2D eigenvalue weighted by Gasteiger charge is -2.32. The number of nitrogens with two attached hydrogens (primary N) is 1. The summed E-state index contributed by atoms with van der Waals surface area (Å²) in [7, 11) is 0. The van der Waals surface area contributed by atoms with Crippen LogP contribution in [0.4, 0.5) is 17.2 Å². The molecule has 0 amide bonds. The minimum absolute atomic E-state index is 0.402. The molecular weight excluding hydrogens is 278 g/mol. The van der Waals surface area contributed by atoms with Crippen LogP contribution in [0.5, 0.6) is 0 Å². The number of anilines is 3. The number of nitrogens with zero attached hydrogens (tertiary/aromatic N) is 3. The van der Waals surface area contributed by atoms with Crippen molar-refractivity contribution < 1.29 is 4.74 Å². The fourth-order valence-corrected chi connectivity index (χ4v) is 2.97. The number of ether oxygens (including phenoxy) is 1. The van der Waals surface area contributed by atoms with Crippen LogP contribution in [0, 0.1) is 0 Å². The summed E-state index contributed by atoms with van der Waals surface area (Å²) in [4.78, 5) is 11.9. The van der Waals surface area contributed by atoms with Crippen LogP contribution in [0.1, 0.15) is 5.56 Å². The number of fused-ring (bicyclic) bond motifs is 1. The van der Waals surface area contributed by atoms with Gasteiger partial charge in [0.25, 0.3) is 0 Å². The molecule has 1 atom stereocenters. The predicted molar refractivity (Wildman–Crippen MR) is 88.0 cm³/mol. The van der Waals surface area contributed by atoms with E-state index in [0.29, 0.717) is 0 Å². The van der Waals surface area contributed by atoms with Gasteiger partial charge >= 0.3 is 0 Å². The molecule has 1 unspecified atom stereocenters. The molecule has 0 aliphatic carbocycles. The summed E-state index contributed by atoms with van der Waals surface area (Å²) < 4.78 is 5.40. The van der Waals surface area contributed by atoms with Crippen LogP contribution in [-0.4, -0.2) is 43.8 Å². The van der Waals surface area contributed by atoms with Gasteiger partial charge in [-0.2, -0.15) is 0 Å². The molecule has 1 aromatic carbocycles. The summed E-state index contributed by atoms with van der Waals surface area (Å²) in [5, 5.41) is 0. The van der Waals surface area contributed by atoms with Gasteiger partial charge in [0.1, 0.15) is 5.82 Å². The SMILES string of the molecule is NC1N=Cc2cc[nH]c2N1c1ccc(N2CCOCC2)cc1. The Bertz CT molecular complexity index is 672. The van der Waals surface area contributed by atoms with Crippen LogP contribution in [0.25, 0.3) is 0 Å². The van der Waals surface area contributed by atoms with E-state index in [-0.39, 0.29) is 0 Å². The van der Waals surface area contributed by atoms with E-state index >= 15 is 0 Å². The minimum Gasteiger partial charge on any atom is -0.378 e. The first-order chi connectivity index (χ1) is 10.8. The molecule has 2 aromatic rings. The number of morpholine rings is 1. The summed E-state index contributed by atoms with van der Waals surface area (Å²) in [6.45, 7) is 3.46. The highest BCUT2D eigenvalue weighted by Gasteiger charge is 2.23. The van der Waals surface area contributed by atoms with Gasteiger partial charge in [-0.1, -0.05) is 0 Å². The molecule has 0 radical (unpaired) electrons. The van der Waals surface area contributed by atoms with Gasteiger partial charge in [-0.25, -0.2) is 0 Å². The van der Waals surface area contributed by atoms with Crippen LogP contribution >= 0.6 is 0 Å². The fraction of sp³-hybridized carbons (Fsp3) is 0.312. The van der Waals surface area contributed by atoms with Gasteiger partial charge in [0.2, 0.25) is 0 Å². The van der Waals surface area contributed by atoms with Gasteiger partial charge in [0, 0.05) is 42.4 Å². The van der Waals surface area contributed by atoms with Crippen LogP contribution in [0.15, 0.2) is 41.5 Å². The molecular formula is C16H19N5O. The average molecular weight is 297 g/mol. The topological polar surface area (TPSA) is 69.9 Å². The highest BCUT2D eigenvalue weighted by Crippen LogP contribution is 2.32. The van der Waals surface area contributed by atoms with E-state index in [9.17, 15) is 0 Å². The van der Waals surface area contributed by atoms with Crippen molar-refractivity contribution in [2.75, 3.05) is 36.1 Å². The number of H-pyrrole nitrogens is 1. The molecule has 1 aromatic heterocycles. The quantitative estimate of drug-likeness (QED) is 0.884. The first-order valence-corrected chi connectivity index (χ1v) is 7.51. The van der Waals surface area contributed by atoms with E-state index in [1.54, 1.807) is 0 Å². The van der Waals surface area contributed by atoms with Gasteiger partial charge in [-0.3, -0.25) is 15.6 Å². The third-order valence-electron chi connectivity index (χ3n) is 4.13. The third kappa shape index (κ3) is 2.26. The van der Waals surface area contributed by atoms with Crippen molar-refractivity contribution in [3.05, 3.63) is 42.1 Å². The molecule has 6 nitrogen and oxygen atoms in total. The summed E-state index contributed by atoms with van der Waals surface area (Å²) in [6, 6.07) is 10.5. The van der Waals surface area contributed by atoms with Crippen LogP contribution in [-0.2, 0) is 4.74 Å². The molecule has 6 heteroatoms. The van der Waals surface area contributed by atoms with E-state index < -0.39 is 6.29 Å². The van der Waals surface area contributed by atoms with E-state index in [2.05, 4.69) is 39.1 Å². The van der Waals surface area contributed by atoms with Gasteiger partial charge in [-0.15, -0.1) is 0 Å². The molecule has 3 N–H and O–H groups in total. The molecule has 0 bridgehead atoms. The third-order valence-corrected chi connectivity index (χ3v) is 4.13. The summed E-state index contributed by atoms with van der Waals surface area (Å²) in [5.74, 6) is 0.988. The number of aromatic nitrogens is 1. The van der Waals surface area contributed by atoms with Crippen molar-refractivity contribution in [2.45, 2.75) is 6.29 Å². The zero-order valence-electron chi connectivity index (χ0n) is 12.3. The number of hydrogen-bond acceptors (Lipinski definition) is 5. The number of hydrogen-bond donors (Lipinski definition) is 2. The van der Waals surface area contributed by atoms with Crippen molar-refractivity contribution in [1.29, 1.82) is 0 Å². The molecule has 22 heavy (non-hydrogen) atoms. The van der Waals surface area contributed by atoms with Crippen LogP contribution in [0.2, 0.25) is 0 Å². The van der Waals surface area contributed by atoms with Crippen molar-refractivity contribution in [3.8, 4) is 0 Å². The molecule has 114 valence electrons.